The highest BCUT2D eigenvalue weighted by molar-refractivity contribution is 7.91. The van der Waals surface area contributed by atoms with Crippen molar-refractivity contribution < 1.29 is 18.3 Å². The van der Waals surface area contributed by atoms with Crippen molar-refractivity contribution in [1.82, 2.24) is 4.31 Å². The van der Waals surface area contributed by atoms with Crippen molar-refractivity contribution in [3.05, 3.63) is 16.0 Å². The van der Waals surface area contributed by atoms with Crippen molar-refractivity contribution in [2.45, 2.75) is 11.1 Å². The molecule has 0 bridgehead atoms. The quantitative estimate of drug-likeness (QED) is 0.771. The summed E-state index contributed by atoms with van der Waals surface area (Å²) in [6.07, 6.45) is 0. The molecule has 0 aliphatic rings. The Labute approximate surface area is 116 Å². The minimum atomic E-state index is -3.50. The van der Waals surface area contributed by atoms with E-state index >= 15 is 0 Å². The Morgan fingerprint density at radius 2 is 2.17 bits per heavy atom. The molecular formula is C10H16ClNO4S2. The molecule has 104 valence electrons. The molecule has 0 saturated carbocycles. The number of hydrogen-bond donors (Lipinski definition) is 1. The van der Waals surface area contributed by atoms with Crippen molar-refractivity contribution in [2.24, 2.45) is 0 Å². The number of sulfonamides is 1. The number of nitrogens with zero attached hydrogens (tertiary/aromatic N) is 1. The molecule has 0 atom stereocenters. The van der Waals surface area contributed by atoms with Gasteiger partial charge in [-0.25, -0.2) is 8.42 Å². The fourth-order valence-corrected chi connectivity index (χ4v) is 4.27. The molecule has 1 N–H and O–H groups in total. The minimum Gasteiger partial charge on any atom is -0.394 e. The van der Waals surface area contributed by atoms with Crippen LogP contribution in [0.2, 0.25) is 4.34 Å². The summed E-state index contributed by atoms with van der Waals surface area (Å²) < 4.78 is 31.2. The second kappa shape index (κ2) is 6.83. The lowest BCUT2D eigenvalue weighted by Gasteiger charge is -2.15. The van der Waals surface area contributed by atoms with Gasteiger partial charge in [0, 0.05) is 13.6 Å². The van der Waals surface area contributed by atoms with Crippen LogP contribution < -0.4 is 0 Å². The lowest BCUT2D eigenvalue weighted by atomic mass is 10.4. The first kappa shape index (κ1) is 15.9. The van der Waals surface area contributed by atoms with E-state index in [1.54, 1.807) is 13.0 Å². The molecule has 5 nitrogen and oxygen atoms in total. The van der Waals surface area contributed by atoms with Gasteiger partial charge in [-0.1, -0.05) is 11.6 Å². The zero-order valence-electron chi connectivity index (χ0n) is 10.2. The van der Waals surface area contributed by atoms with Crippen molar-refractivity contribution >= 4 is 33.0 Å². The van der Waals surface area contributed by atoms with E-state index in [4.69, 9.17) is 21.4 Å². The molecule has 0 saturated heterocycles. The smallest absolute Gasteiger partial charge is 0.252 e. The van der Waals surface area contributed by atoms with E-state index in [9.17, 15) is 8.42 Å². The minimum absolute atomic E-state index is 0.0732. The Bertz CT molecular complexity index is 467. The zero-order chi connectivity index (χ0) is 13.8. The molecule has 18 heavy (non-hydrogen) atoms. The van der Waals surface area contributed by atoms with Crippen LogP contribution >= 0.6 is 22.9 Å². The predicted molar refractivity (Wildman–Crippen MR) is 71.8 cm³/mol. The molecule has 0 aliphatic heterocycles. The first-order valence-electron chi connectivity index (χ1n) is 5.30. The summed E-state index contributed by atoms with van der Waals surface area (Å²) in [6, 6.07) is 1.56. The van der Waals surface area contributed by atoms with E-state index in [-0.39, 0.29) is 30.6 Å². The monoisotopic (exact) mass is 313 g/mol. The summed E-state index contributed by atoms with van der Waals surface area (Å²) in [4.78, 5) is 0. The van der Waals surface area contributed by atoms with Crippen LogP contribution in [-0.2, 0) is 14.8 Å². The molecule has 0 spiro atoms. The van der Waals surface area contributed by atoms with Gasteiger partial charge < -0.3 is 9.84 Å². The van der Waals surface area contributed by atoms with Gasteiger partial charge >= 0.3 is 0 Å². The maximum atomic E-state index is 12.1. The average Bonchev–Trinajstić information content (AvgIpc) is 2.65. The SMILES string of the molecule is Cc1cc(S(=O)(=O)N(C)CCOCCO)sc1Cl. The van der Waals surface area contributed by atoms with Crippen LogP contribution in [0.3, 0.4) is 0 Å². The highest BCUT2D eigenvalue weighted by Crippen LogP contribution is 2.31. The van der Waals surface area contributed by atoms with Crippen molar-refractivity contribution in [2.75, 3.05) is 33.4 Å². The number of rotatable bonds is 7. The van der Waals surface area contributed by atoms with Gasteiger partial charge in [-0.2, -0.15) is 4.31 Å². The molecule has 8 heteroatoms. The molecule has 0 aromatic carbocycles. The lowest BCUT2D eigenvalue weighted by Crippen LogP contribution is -2.30. The number of halogens is 1. The van der Waals surface area contributed by atoms with E-state index in [0.29, 0.717) is 4.34 Å². The van der Waals surface area contributed by atoms with Crippen LogP contribution in [0.15, 0.2) is 10.3 Å². The van der Waals surface area contributed by atoms with Gasteiger partial charge in [0.15, 0.2) is 0 Å². The molecule has 0 amide bonds. The zero-order valence-corrected chi connectivity index (χ0v) is 12.6. The van der Waals surface area contributed by atoms with Crippen molar-refractivity contribution in [3.8, 4) is 0 Å². The maximum Gasteiger partial charge on any atom is 0.252 e. The number of ether oxygens (including phenoxy) is 1. The Hall–Kier alpha value is -0.180. The third-order valence-corrected chi connectivity index (χ3v) is 6.15. The van der Waals surface area contributed by atoms with Crippen molar-refractivity contribution in [3.63, 3.8) is 0 Å². The molecular weight excluding hydrogens is 298 g/mol. The maximum absolute atomic E-state index is 12.1. The summed E-state index contributed by atoms with van der Waals surface area (Å²) >= 11 is 6.92. The van der Waals surface area contributed by atoms with Gasteiger partial charge in [0.2, 0.25) is 0 Å². The molecule has 0 unspecified atom stereocenters. The van der Waals surface area contributed by atoms with Crippen molar-refractivity contribution in [1.29, 1.82) is 0 Å². The van der Waals surface area contributed by atoms with E-state index in [2.05, 4.69) is 0 Å². The number of hydrogen-bond acceptors (Lipinski definition) is 5. The van der Waals surface area contributed by atoms with Gasteiger partial charge in [-0.3, -0.25) is 0 Å². The molecule has 0 fully saturated rings. The fourth-order valence-electron chi connectivity index (χ4n) is 1.19. The molecule has 1 heterocycles. The first-order valence-corrected chi connectivity index (χ1v) is 7.94. The topological polar surface area (TPSA) is 66.8 Å². The van der Waals surface area contributed by atoms with Gasteiger partial charge in [-0.15, -0.1) is 11.3 Å². The van der Waals surface area contributed by atoms with Gasteiger partial charge in [0.05, 0.1) is 24.2 Å². The fraction of sp³-hybridized carbons (Fsp3) is 0.600. The number of likely N-dealkylation sites (N-methyl/N-ethyl adjacent to an activating group) is 1. The first-order chi connectivity index (χ1) is 8.39. The number of aliphatic hydroxyl groups excluding tert-OH is 1. The summed E-state index contributed by atoms with van der Waals surface area (Å²) in [6.45, 7) is 2.38. The van der Waals surface area contributed by atoms with E-state index < -0.39 is 10.0 Å². The third-order valence-electron chi connectivity index (χ3n) is 2.29. The molecule has 1 aromatic rings. The van der Waals surface area contributed by atoms with Crippen LogP contribution in [-0.4, -0.2) is 51.2 Å². The van der Waals surface area contributed by atoms with Crippen LogP contribution in [0.1, 0.15) is 5.56 Å². The Kier molecular flexibility index (Phi) is 6.03. The Morgan fingerprint density at radius 1 is 1.50 bits per heavy atom. The molecule has 0 aliphatic carbocycles. The largest absolute Gasteiger partial charge is 0.394 e. The molecule has 1 aromatic heterocycles. The van der Waals surface area contributed by atoms with E-state index in [1.807, 2.05) is 0 Å². The Morgan fingerprint density at radius 3 is 2.67 bits per heavy atom. The normalized spacial score (nSPS) is 12.3. The van der Waals surface area contributed by atoms with Crippen LogP contribution in [0.5, 0.6) is 0 Å². The summed E-state index contributed by atoms with van der Waals surface area (Å²) in [5, 5.41) is 8.53. The second-order valence-electron chi connectivity index (χ2n) is 3.68. The van der Waals surface area contributed by atoms with Gasteiger partial charge in [0.25, 0.3) is 10.0 Å². The number of aliphatic hydroxyl groups is 1. The van der Waals surface area contributed by atoms with Crippen LogP contribution in [0, 0.1) is 6.92 Å². The lowest BCUT2D eigenvalue weighted by molar-refractivity contribution is 0.0877. The standard InChI is InChI=1S/C10H16ClNO4S2/c1-8-7-9(17-10(8)11)18(14,15)12(2)3-5-16-6-4-13/h7,13H,3-6H2,1-2H3. The van der Waals surface area contributed by atoms with Gasteiger partial charge in [0.1, 0.15) is 4.21 Å². The predicted octanol–water partition coefficient (Wildman–Crippen LogP) is 1.34. The third kappa shape index (κ3) is 3.91. The van der Waals surface area contributed by atoms with Gasteiger partial charge in [-0.05, 0) is 18.6 Å². The highest BCUT2D eigenvalue weighted by Gasteiger charge is 2.23. The van der Waals surface area contributed by atoms with Crippen LogP contribution in [0.25, 0.3) is 0 Å². The molecule has 1 rings (SSSR count). The van der Waals surface area contributed by atoms with E-state index in [1.165, 1.54) is 11.4 Å². The Balaban J connectivity index is 2.68. The number of aryl methyl sites for hydroxylation is 1. The molecule has 0 radical (unpaired) electrons. The summed E-state index contributed by atoms with van der Waals surface area (Å²) in [5.74, 6) is 0. The summed E-state index contributed by atoms with van der Waals surface area (Å²) in [7, 11) is -2.02. The van der Waals surface area contributed by atoms with E-state index in [0.717, 1.165) is 16.9 Å². The highest BCUT2D eigenvalue weighted by atomic mass is 35.5. The number of thiophene rings is 1. The van der Waals surface area contributed by atoms with Crippen LogP contribution in [0.4, 0.5) is 0 Å². The average molecular weight is 314 g/mol. The second-order valence-corrected chi connectivity index (χ2v) is 7.61. The summed E-state index contributed by atoms with van der Waals surface area (Å²) in [5.41, 5.74) is 0.755.